The predicted molar refractivity (Wildman–Crippen MR) is 83.0 cm³/mol. The molecule has 1 fully saturated rings. The zero-order chi connectivity index (χ0) is 15.0. The van der Waals surface area contributed by atoms with Gasteiger partial charge in [0.05, 0.1) is 5.02 Å². The first kappa shape index (κ1) is 14.6. The Morgan fingerprint density at radius 2 is 2.10 bits per heavy atom. The normalized spacial score (nSPS) is 23.0. The van der Waals surface area contributed by atoms with Crippen LogP contribution in [0.4, 0.5) is 5.69 Å². The van der Waals surface area contributed by atoms with Gasteiger partial charge in [-0.05, 0) is 33.0 Å². The Balaban J connectivity index is 1.79. The lowest BCUT2D eigenvalue weighted by Gasteiger charge is -2.29. The largest absolute Gasteiger partial charge is 0.489 e. The van der Waals surface area contributed by atoms with Crippen LogP contribution in [-0.4, -0.2) is 44.1 Å². The van der Waals surface area contributed by atoms with Crippen LogP contribution in [0, 0.1) is 0 Å². The molecular weight excluding hydrogens is 290 g/mol. The summed E-state index contributed by atoms with van der Waals surface area (Å²) in [6.45, 7) is 2.07. The molecule has 0 aliphatic carbocycles. The summed E-state index contributed by atoms with van der Waals surface area (Å²) < 4.78 is 6.03. The fraction of sp³-hybridized carbons (Fsp3) is 0.533. The van der Waals surface area contributed by atoms with E-state index in [2.05, 4.69) is 22.6 Å². The van der Waals surface area contributed by atoms with Crippen LogP contribution >= 0.6 is 11.6 Å². The number of carbonyl (C=O) groups is 1. The van der Waals surface area contributed by atoms with Gasteiger partial charge in [-0.25, -0.2) is 0 Å². The third-order valence-corrected chi connectivity index (χ3v) is 4.48. The summed E-state index contributed by atoms with van der Waals surface area (Å²) in [6, 6.07) is 3.32. The number of nitrogens with zero attached hydrogens (tertiary/aromatic N) is 1. The zero-order valence-corrected chi connectivity index (χ0v) is 13.0. The van der Waals surface area contributed by atoms with Crippen molar-refractivity contribution in [2.75, 3.05) is 32.5 Å². The van der Waals surface area contributed by atoms with Crippen LogP contribution in [0.2, 0.25) is 5.02 Å². The third kappa shape index (κ3) is 2.86. The van der Waals surface area contributed by atoms with Gasteiger partial charge in [0.2, 0.25) is 5.91 Å². The summed E-state index contributed by atoms with van der Waals surface area (Å²) in [6.07, 6.45) is 2.18. The molecule has 2 aliphatic rings. The van der Waals surface area contributed by atoms with E-state index in [1.54, 1.807) is 7.05 Å². The number of fused-ring (bicyclic) bond motifs is 1. The number of halogens is 1. The van der Waals surface area contributed by atoms with Crippen LogP contribution < -0.4 is 15.4 Å². The average Bonchev–Trinajstić information content (AvgIpc) is 2.76. The van der Waals surface area contributed by atoms with Gasteiger partial charge < -0.3 is 20.3 Å². The number of rotatable bonds is 3. The maximum Gasteiger partial charge on any atom is 0.246 e. The number of piperidine rings is 1. The minimum Gasteiger partial charge on any atom is -0.489 e. The minimum atomic E-state index is -0.338. The molecule has 0 saturated carbocycles. The second-order valence-corrected chi connectivity index (χ2v) is 6.11. The van der Waals surface area contributed by atoms with E-state index in [1.807, 2.05) is 12.1 Å². The van der Waals surface area contributed by atoms with Gasteiger partial charge >= 0.3 is 0 Å². The lowest BCUT2D eigenvalue weighted by atomic mass is 10.1. The monoisotopic (exact) mass is 309 g/mol. The molecule has 114 valence electrons. The number of anilines is 1. The molecule has 2 heterocycles. The molecule has 1 unspecified atom stereocenters. The van der Waals surface area contributed by atoms with E-state index in [9.17, 15) is 4.79 Å². The maximum atomic E-state index is 11.8. The molecule has 21 heavy (non-hydrogen) atoms. The number of amides is 1. The first-order valence-corrected chi connectivity index (χ1v) is 7.63. The predicted octanol–water partition coefficient (Wildman–Crippen LogP) is 2.03. The molecule has 0 bridgehead atoms. The first-order chi connectivity index (χ1) is 10.1. The van der Waals surface area contributed by atoms with Gasteiger partial charge in [0.25, 0.3) is 0 Å². The molecule has 1 atom stereocenters. The lowest BCUT2D eigenvalue weighted by Crippen LogP contribution is -2.35. The smallest absolute Gasteiger partial charge is 0.246 e. The molecule has 0 aromatic heterocycles. The molecule has 0 spiro atoms. The van der Waals surface area contributed by atoms with E-state index in [4.69, 9.17) is 16.3 Å². The molecule has 0 radical (unpaired) electrons. The number of likely N-dealkylation sites (tertiary alicyclic amines) is 1. The number of hydrogen-bond acceptors (Lipinski definition) is 4. The number of nitrogens with one attached hydrogen (secondary N) is 2. The van der Waals surface area contributed by atoms with Crippen molar-refractivity contribution < 1.29 is 9.53 Å². The van der Waals surface area contributed by atoms with Crippen molar-refractivity contribution in [1.82, 2.24) is 10.2 Å². The molecule has 3 rings (SSSR count). The van der Waals surface area contributed by atoms with E-state index in [0.717, 1.165) is 37.2 Å². The molecule has 2 aliphatic heterocycles. The Kier molecular flexibility index (Phi) is 4.06. The average molecular weight is 310 g/mol. The fourth-order valence-corrected chi connectivity index (χ4v) is 3.14. The van der Waals surface area contributed by atoms with Gasteiger partial charge in [-0.2, -0.15) is 0 Å². The van der Waals surface area contributed by atoms with Crippen molar-refractivity contribution >= 4 is 23.2 Å². The van der Waals surface area contributed by atoms with Crippen LogP contribution in [0.25, 0.3) is 0 Å². The van der Waals surface area contributed by atoms with Gasteiger partial charge in [-0.1, -0.05) is 11.6 Å². The quantitative estimate of drug-likeness (QED) is 0.897. The van der Waals surface area contributed by atoms with Crippen molar-refractivity contribution in [2.24, 2.45) is 0 Å². The van der Waals surface area contributed by atoms with Crippen molar-refractivity contribution in [3.05, 3.63) is 22.7 Å². The minimum absolute atomic E-state index is 0.0555. The summed E-state index contributed by atoms with van der Waals surface area (Å²) >= 11 is 6.32. The molecule has 1 saturated heterocycles. The molecule has 2 N–H and O–H groups in total. The van der Waals surface area contributed by atoms with Crippen LogP contribution in [0.5, 0.6) is 5.75 Å². The summed E-state index contributed by atoms with van der Waals surface area (Å²) in [5.74, 6) is 0.599. The topological polar surface area (TPSA) is 53.6 Å². The van der Waals surface area contributed by atoms with Gasteiger partial charge in [-0.3, -0.25) is 4.79 Å². The van der Waals surface area contributed by atoms with Crippen molar-refractivity contribution in [3.63, 3.8) is 0 Å². The van der Waals surface area contributed by atoms with Crippen LogP contribution in [-0.2, 0) is 4.79 Å². The van der Waals surface area contributed by atoms with Gasteiger partial charge in [0.15, 0.2) is 0 Å². The van der Waals surface area contributed by atoms with Crippen LogP contribution in [0.1, 0.15) is 24.4 Å². The van der Waals surface area contributed by atoms with E-state index in [1.165, 1.54) is 0 Å². The second kappa shape index (κ2) is 5.83. The Labute approximate surface area is 129 Å². The van der Waals surface area contributed by atoms with Crippen molar-refractivity contribution in [2.45, 2.75) is 25.0 Å². The van der Waals surface area contributed by atoms with Gasteiger partial charge in [0.1, 0.15) is 17.9 Å². The Morgan fingerprint density at radius 3 is 2.76 bits per heavy atom. The highest BCUT2D eigenvalue weighted by Gasteiger charge is 2.31. The van der Waals surface area contributed by atoms with Gasteiger partial charge in [0, 0.05) is 30.4 Å². The maximum absolute atomic E-state index is 11.8. The molecule has 1 amide bonds. The number of hydrogen-bond donors (Lipinski definition) is 2. The molecular formula is C15H20ClN3O2. The summed E-state index contributed by atoms with van der Waals surface area (Å²) in [7, 11) is 3.88. The lowest BCUT2D eigenvalue weighted by molar-refractivity contribution is -0.117. The molecule has 1 aromatic carbocycles. The van der Waals surface area contributed by atoms with E-state index in [-0.39, 0.29) is 18.1 Å². The fourth-order valence-electron chi connectivity index (χ4n) is 2.92. The van der Waals surface area contributed by atoms with Gasteiger partial charge in [-0.15, -0.1) is 0 Å². The van der Waals surface area contributed by atoms with Crippen LogP contribution in [0.3, 0.4) is 0 Å². The van der Waals surface area contributed by atoms with Crippen molar-refractivity contribution in [3.8, 4) is 5.75 Å². The Bertz CT molecular complexity index is 556. The van der Waals surface area contributed by atoms with E-state index < -0.39 is 0 Å². The highest BCUT2D eigenvalue weighted by molar-refractivity contribution is 6.32. The Hall–Kier alpha value is -1.30. The third-order valence-electron chi connectivity index (χ3n) is 4.18. The summed E-state index contributed by atoms with van der Waals surface area (Å²) in [5, 5.41) is 6.41. The highest BCUT2D eigenvalue weighted by Crippen LogP contribution is 2.39. The molecule has 6 heteroatoms. The Morgan fingerprint density at radius 1 is 1.38 bits per heavy atom. The molecule has 5 nitrogen and oxygen atoms in total. The zero-order valence-electron chi connectivity index (χ0n) is 12.3. The standard InChI is InChI=1S/C15H20ClN3O2/c1-17-14-10-7-11(16)13(8-12(10)18-15(14)20)21-9-3-5-19(2)6-4-9/h7-9,14,17H,3-6H2,1-2H3,(H,18,20). The van der Waals surface area contributed by atoms with Crippen LogP contribution in [0.15, 0.2) is 12.1 Å². The van der Waals surface area contributed by atoms with E-state index in [0.29, 0.717) is 10.8 Å². The SMILES string of the molecule is CNC1C(=O)Nc2cc(OC3CCN(C)CC3)c(Cl)cc21. The first-order valence-electron chi connectivity index (χ1n) is 7.25. The second-order valence-electron chi connectivity index (χ2n) is 5.70. The number of carbonyl (C=O) groups excluding carboxylic acids is 1. The molecule has 1 aromatic rings. The number of benzene rings is 1. The number of ether oxygens (including phenoxy) is 1. The van der Waals surface area contributed by atoms with E-state index >= 15 is 0 Å². The summed E-state index contributed by atoms with van der Waals surface area (Å²) in [4.78, 5) is 14.1. The summed E-state index contributed by atoms with van der Waals surface area (Å²) in [5.41, 5.74) is 1.66. The number of likely N-dealkylation sites (N-methyl/N-ethyl adjacent to an activating group) is 1. The highest BCUT2D eigenvalue weighted by atomic mass is 35.5. The van der Waals surface area contributed by atoms with Crippen molar-refractivity contribution in [1.29, 1.82) is 0 Å².